The van der Waals surface area contributed by atoms with E-state index < -0.39 is 11.6 Å². The summed E-state index contributed by atoms with van der Waals surface area (Å²) in [6, 6.07) is -0.891. The normalized spacial score (nSPS) is 16.9. The van der Waals surface area contributed by atoms with Crippen LogP contribution in [0.25, 0.3) is 0 Å². The van der Waals surface area contributed by atoms with E-state index in [1.54, 1.807) is 0 Å². The van der Waals surface area contributed by atoms with Crippen molar-refractivity contribution in [1.82, 2.24) is 0 Å². The second-order valence-corrected chi connectivity index (χ2v) is 4.09. The number of aliphatic hydroxyl groups is 2. The molecule has 0 aliphatic heterocycles. The summed E-state index contributed by atoms with van der Waals surface area (Å²) in [6.07, 6.45) is 0. The van der Waals surface area contributed by atoms with E-state index >= 15 is 0 Å². The van der Waals surface area contributed by atoms with Crippen LogP contribution >= 0.6 is 25.7 Å². The molecule has 84 valence electrons. The summed E-state index contributed by atoms with van der Waals surface area (Å²) >= 11 is 0. The van der Waals surface area contributed by atoms with Crippen LogP contribution in [-0.4, -0.2) is 56.1 Å². The van der Waals surface area contributed by atoms with Crippen molar-refractivity contribution < 1.29 is 24.0 Å². The molecule has 9 heteroatoms. The summed E-state index contributed by atoms with van der Waals surface area (Å²) in [7, 11) is 11.7. The molecule has 0 saturated heterocycles. The van der Waals surface area contributed by atoms with Gasteiger partial charge in [-0.15, -0.1) is 0 Å². The number of rotatable bonds is 8. The van der Waals surface area contributed by atoms with Gasteiger partial charge in [-0.25, -0.2) is 0 Å². The van der Waals surface area contributed by atoms with Crippen LogP contribution in [0.1, 0.15) is 0 Å². The zero-order valence-electron chi connectivity index (χ0n) is 8.07. The third-order valence-electron chi connectivity index (χ3n) is 1.60. The van der Waals surface area contributed by atoms with Crippen molar-refractivity contribution >= 4 is 33.6 Å². The Morgan fingerprint density at radius 3 is 2.53 bits per heavy atom. The van der Waals surface area contributed by atoms with Gasteiger partial charge in [0.1, 0.15) is 0 Å². The Labute approximate surface area is 96.1 Å². The van der Waals surface area contributed by atoms with Gasteiger partial charge >= 0.3 is 95.6 Å². The van der Waals surface area contributed by atoms with Crippen LogP contribution in [0.15, 0.2) is 0 Å². The number of hydrogen-bond donors (Lipinski definition) is 2. The zero-order valence-corrected chi connectivity index (χ0v) is 11.0. The molecule has 3 atom stereocenters. The first-order valence-electron chi connectivity index (χ1n) is 4.07. The second kappa shape index (κ2) is 9.21. The standard InChI is InChI=1S/C6H13BO5P3/c7-5(1-8)12-6(2-9,3-10-13)4-11-15-14/h5,8-9H,1-4,13H2/q+1. The van der Waals surface area contributed by atoms with Gasteiger partial charge in [-0.05, 0) is 0 Å². The molecule has 15 heavy (non-hydrogen) atoms. The van der Waals surface area contributed by atoms with Crippen molar-refractivity contribution in [1.29, 1.82) is 0 Å². The van der Waals surface area contributed by atoms with Gasteiger partial charge in [0.25, 0.3) is 0 Å². The molecule has 2 N–H and O–H groups in total. The number of ether oxygens (including phenoxy) is 1. The third-order valence-corrected chi connectivity index (χ3v) is 2.36. The zero-order chi connectivity index (χ0) is 11.7. The van der Waals surface area contributed by atoms with Crippen LogP contribution in [0.2, 0.25) is 0 Å². The van der Waals surface area contributed by atoms with Crippen LogP contribution in [0.3, 0.4) is 0 Å². The van der Waals surface area contributed by atoms with Crippen molar-refractivity contribution in [2.75, 3.05) is 26.4 Å². The Hall–Kier alpha value is 1.15. The summed E-state index contributed by atoms with van der Waals surface area (Å²) in [4.78, 5) is 0. The SMILES string of the molecule is [B]C(CO)OC(CO)(COP)CO[P+]#P. The van der Waals surface area contributed by atoms with Gasteiger partial charge in [0.05, 0.1) is 0 Å². The molecule has 2 radical (unpaired) electrons. The Morgan fingerprint density at radius 1 is 1.47 bits per heavy atom. The van der Waals surface area contributed by atoms with Crippen molar-refractivity contribution in [2.45, 2.75) is 11.6 Å². The fourth-order valence-corrected chi connectivity index (χ4v) is 1.66. The molecule has 0 heterocycles. The van der Waals surface area contributed by atoms with Crippen LogP contribution in [0.4, 0.5) is 0 Å². The van der Waals surface area contributed by atoms with Gasteiger partial charge in [-0.3, -0.25) is 0 Å². The van der Waals surface area contributed by atoms with Crippen molar-refractivity contribution in [2.24, 2.45) is 0 Å². The summed E-state index contributed by atoms with van der Waals surface area (Å²) in [5.41, 5.74) is -1.08. The fourth-order valence-electron chi connectivity index (χ4n) is 0.895. The molecule has 0 spiro atoms. The van der Waals surface area contributed by atoms with Gasteiger partial charge < -0.3 is 0 Å². The summed E-state index contributed by atoms with van der Waals surface area (Å²) < 4.78 is 15.1. The maximum absolute atomic E-state index is 9.22. The van der Waals surface area contributed by atoms with Gasteiger partial charge in [-0.1, -0.05) is 0 Å². The van der Waals surface area contributed by atoms with Crippen molar-refractivity contribution in [3.8, 4) is 0 Å². The van der Waals surface area contributed by atoms with Crippen LogP contribution in [0.5, 0.6) is 0 Å². The van der Waals surface area contributed by atoms with E-state index in [-0.39, 0.29) is 26.4 Å². The first-order valence-corrected chi connectivity index (χ1v) is 6.51. The average molecular weight is 269 g/mol. The molecule has 0 aromatic heterocycles. The van der Waals surface area contributed by atoms with Crippen LogP contribution < -0.4 is 0 Å². The van der Waals surface area contributed by atoms with E-state index in [1.165, 1.54) is 0 Å². The first-order chi connectivity index (χ1) is 7.14. The van der Waals surface area contributed by atoms with E-state index in [4.69, 9.17) is 26.7 Å². The topological polar surface area (TPSA) is 68.2 Å². The first kappa shape index (κ1) is 16.2. The van der Waals surface area contributed by atoms with Crippen molar-refractivity contribution in [3.63, 3.8) is 0 Å². The molecule has 0 aromatic rings. The summed E-state index contributed by atoms with van der Waals surface area (Å²) in [5.74, 6) is 0. The second-order valence-electron chi connectivity index (χ2n) is 2.85. The predicted molar refractivity (Wildman–Crippen MR) is 63.0 cm³/mol. The monoisotopic (exact) mass is 269 g/mol. The van der Waals surface area contributed by atoms with Gasteiger partial charge in [0.2, 0.25) is 0 Å². The van der Waals surface area contributed by atoms with Crippen molar-refractivity contribution in [3.05, 3.63) is 0 Å². The Morgan fingerprint density at radius 2 is 2.13 bits per heavy atom. The summed E-state index contributed by atoms with van der Waals surface area (Å²) in [6.45, 7) is -0.544. The molecule has 0 amide bonds. The summed E-state index contributed by atoms with van der Waals surface area (Å²) in [5, 5.41) is 18.0. The fraction of sp³-hybridized carbons (Fsp3) is 1.00. The van der Waals surface area contributed by atoms with E-state index in [1.807, 2.05) is 9.47 Å². The maximum atomic E-state index is 9.22. The Bertz CT molecular complexity index is 213. The van der Waals surface area contributed by atoms with Gasteiger partial charge in [0.15, 0.2) is 0 Å². The predicted octanol–water partition coefficient (Wildman–Crippen LogP) is 0.231. The molecule has 5 nitrogen and oxygen atoms in total. The van der Waals surface area contributed by atoms with E-state index in [0.717, 1.165) is 0 Å². The molecule has 0 aromatic carbocycles. The van der Waals surface area contributed by atoms with Gasteiger partial charge in [-0.2, -0.15) is 0 Å². The van der Waals surface area contributed by atoms with Crippen LogP contribution in [-0.2, 0) is 13.8 Å². The van der Waals surface area contributed by atoms with Crippen LogP contribution in [0, 0.1) is 0 Å². The average Bonchev–Trinajstić information content (AvgIpc) is 2.26. The molecule has 0 aliphatic rings. The minimum atomic E-state index is -1.08. The molecule has 0 aliphatic carbocycles. The number of aliphatic hydroxyl groups excluding tert-OH is 2. The molecular formula is C6H13BO5P3+. The van der Waals surface area contributed by atoms with E-state index in [9.17, 15) is 5.11 Å². The van der Waals surface area contributed by atoms with Gasteiger partial charge in [0, 0.05) is 0 Å². The minimum absolute atomic E-state index is 0.0661. The molecule has 0 fully saturated rings. The Balaban J connectivity index is 4.42. The quantitative estimate of drug-likeness (QED) is 0.487. The van der Waals surface area contributed by atoms with E-state index in [0.29, 0.717) is 7.91 Å². The molecule has 0 bridgehead atoms. The van der Waals surface area contributed by atoms with E-state index in [2.05, 4.69) is 8.34 Å². The number of hydrogen-bond acceptors (Lipinski definition) is 5. The molecule has 3 unspecified atom stereocenters. The molecule has 0 saturated carbocycles. The Kier molecular flexibility index (Phi) is 9.92. The molecule has 0 rings (SSSR count). The third kappa shape index (κ3) is 6.46. The molecular weight excluding hydrogens is 256 g/mol.